The van der Waals surface area contributed by atoms with Gasteiger partial charge in [0.25, 0.3) is 11.4 Å². The normalized spacial score (nSPS) is 24.4. The molecule has 186 valence electrons. The highest BCUT2D eigenvalue weighted by Gasteiger charge is 2.51. The van der Waals surface area contributed by atoms with Crippen LogP contribution in [-0.4, -0.2) is 27.6 Å². The first-order valence-corrected chi connectivity index (χ1v) is 12.9. The molecule has 0 aromatic heterocycles. The average Bonchev–Trinajstić information content (AvgIpc) is 3.19. The standard InChI is InChI=1S/C25H21Cl2N3O5S/c1-35-19-11-13(29(31)32)10-15-22-16(24(28-25(15)19)14-6-2-3-7-17(14)26)12-21(23(22)27)36-20-9-5-4-8-18(20)30(33)34/h2-11,16,21-24,28H,12H2,1H3/t16-,21+,22+,23+,24-/m1/s1. The van der Waals surface area contributed by atoms with Crippen molar-refractivity contribution < 1.29 is 14.6 Å². The van der Waals surface area contributed by atoms with E-state index in [1.54, 1.807) is 24.3 Å². The average molecular weight is 546 g/mol. The highest BCUT2D eigenvalue weighted by molar-refractivity contribution is 8.00. The molecule has 11 heteroatoms. The van der Waals surface area contributed by atoms with Crippen molar-refractivity contribution in [1.29, 1.82) is 0 Å². The molecule has 3 aromatic rings. The molecule has 5 rings (SSSR count). The van der Waals surface area contributed by atoms with Crippen molar-refractivity contribution >= 4 is 52.0 Å². The van der Waals surface area contributed by atoms with Crippen LogP contribution in [0, 0.1) is 26.1 Å². The highest BCUT2D eigenvalue weighted by Crippen LogP contribution is 2.60. The Morgan fingerprint density at radius 3 is 2.44 bits per heavy atom. The number of nitrogens with one attached hydrogen (secondary N) is 1. The molecule has 1 saturated carbocycles. The molecule has 0 radical (unpaired) electrons. The molecule has 3 aromatic carbocycles. The molecule has 0 spiro atoms. The summed E-state index contributed by atoms with van der Waals surface area (Å²) in [5.41, 5.74) is 2.19. The first-order chi connectivity index (χ1) is 17.3. The number of hydrogen-bond donors (Lipinski definition) is 1. The first-order valence-electron chi connectivity index (χ1n) is 11.2. The third kappa shape index (κ3) is 4.25. The van der Waals surface area contributed by atoms with Crippen LogP contribution in [0.4, 0.5) is 17.1 Å². The number of benzene rings is 3. The number of halogens is 2. The van der Waals surface area contributed by atoms with Gasteiger partial charge in [-0.1, -0.05) is 41.9 Å². The number of para-hydroxylation sites is 1. The van der Waals surface area contributed by atoms with Gasteiger partial charge in [0.2, 0.25) is 0 Å². The maximum absolute atomic E-state index is 11.7. The van der Waals surface area contributed by atoms with Crippen molar-refractivity contribution in [3.63, 3.8) is 0 Å². The second kappa shape index (κ2) is 9.80. The van der Waals surface area contributed by atoms with E-state index < -0.39 is 15.2 Å². The van der Waals surface area contributed by atoms with Crippen LogP contribution < -0.4 is 10.1 Å². The Kier molecular flexibility index (Phi) is 6.72. The number of rotatable bonds is 6. The van der Waals surface area contributed by atoms with Crippen LogP contribution in [0.3, 0.4) is 0 Å². The smallest absolute Gasteiger partial charge is 0.282 e. The third-order valence-electron chi connectivity index (χ3n) is 6.88. The molecule has 1 aliphatic heterocycles. The quantitative estimate of drug-likeness (QED) is 0.198. The molecule has 2 aliphatic rings. The van der Waals surface area contributed by atoms with E-state index >= 15 is 0 Å². The van der Waals surface area contributed by atoms with Gasteiger partial charge in [0, 0.05) is 28.3 Å². The first kappa shape index (κ1) is 24.7. The van der Waals surface area contributed by atoms with E-state index in [-0.39, 0.29) is 34.5 Å². The van der Waals surface area contributed by atoms with Crippen molar-refractivity contribution in [2.24, 2.45) is 5.92 Å². The fourth-order valence-corrected chi connectivity index (χ4v) is 7.54. The summed E-state index contributed by atoms with van der Waals surface area (Å²) in [6, 6.07) is 16.9. The van der Waals surface area contributed by atoms with Gasteiger partial charge in [0.1, 0.15) is 5.75 Å². The van der Waals surface area contributed by atoms with Gasteiger partial charge in [-0.2, -0.15) is 0 Å². The Morgan fingerprint density at radius 1 is 1.03 bits per heavy atom. The van der Waals surface area contributed by atoms with E-state index in [2.05, 4.69) is 5.32 Å². The lowest BCUT2D eigenvalue weighted by Gasteiger charge is -2.39. The van der Waals surface area contributed by atoms with Crippen molar-refractivity contribution in [2.45, 2.75) is 33.9 Å². The Morgan fingerprint density at radius 2 is 1.75 bits per heavy atom. The molecule has 8 nitrogen and oxygen atoms in total. The summed E-state index contributed by atoms with van der Waals surface area (Å²) in [5.74, 6) is 0.0264. The van der Waals surface area contributed by atoms with E-state index in [9.17, 15) is 20.2 Å². The van der Waals surface area contributed by atoms with Crippen molar-refractivity contribution in [1.82, 2.24) is 0 Å². The summed E-state index contributed by atoms with van der Waals surface area (Å²) in [4.78, 5) is 23.0. The highest BCUT2D eigenvalue weighted by atomic mass is 35.5. The Balaban J connectivity index is 1.62. The Hall–Kier alpha value is -3.01. The molecule has 1 fully saturated rings. The maximum Gasteiger partial charge on any atom is 0.282 e. The van der Waals surface area contributed by atoms with Crippen molar-refractivity contribution in [3.05, 3.63) is 97.0 Å². The molecular formula is C25H21Cl2N3O5S. The van der Waals surface area contributed by atoms with Crippen LogP contribution >= 0.6 is 35.0 Å². The summed E-state index contributed by atoms with van der Waals surface area (Å²) in [7, 11) is 1.47. The molecule has 5 atom stereocenters. The second-order valence-electron chi connectivity index (χ2n) is 8.76. The van der Waals surface area contributed by atoms with E-state index in [1.165, 1.54) is 31.0 Å². The van der Waals surface area contributed by atoms with E-state index in [0.29, 0.717) is 33.3 Å². The van der Waals surface area contributed by atoms with Gasteiger partial charge in [-0.3, -0.25) is 20.2 Å². The number of alkyl halides is 1. The number of thioether (sulfide) groups is 1. The van der Waals surface area contributed by atoms with Gasteiger partial charge >= 0.3 is 0 Å². The summed E-state index contributed by atoms with van der Waals surface area (Å²) >= 11 is 15.1. The topological polar surface area (TPSA) is 108 Å². The van der Waals surface area contributed by atoms with Gasteiger partial charge in [-0.05, 0) is 35.6 Å². The predicted octanol–water partition coefficient (Wildman–Crippen LogP) is 7.20. The Labute approximate surface area is 221 Å². The minimum absolute atomic E-state index is 0.0275. The summed E-state index contributed by atoms with van der Waals surface area (Å²) in [5, 5.41) is 26.8. The minimum Gasteiger partial charge on any atom is -0.494 e. The van der Waals surface area contributed by atoms with Crippen LogP contribution in [0.25, 0.3) is 0 Å². The minimum atomic E-state index is -0.449. The van der Waals surface area contributed by atoms with E-state index in [4.69, 9.17) is 27.9 Å². The predicted molar refractivity (Wildman–Crippen MR) is 141 cm³/mol. The number of ether oxygens (including phenoxy) is 1. The second-order valence-corrected chi connectivity index (χ2v) is 11.0. The number of hydrogen-bond acceptors (Lipinski definition) is 7. The largest absolute Gasteiger partial charge is 0.494 e. The van der Waals surface area contributed by atoms with E-state index in [0.717, 1.165) is 5.56 Å². The number of nitro groups is 2. The molecular weight excluding hydrogens is 525 g/mol. The molecule has 0 bridgehead atoms. The molecule has 1 heterocycles. The zero-order valence-corrected chi connectivity index (χ0v) is 21.3. The third-order valence-corrected chi connectivity index (χ3v) is 9.34. The van der Waals surface area contributed by atoms with Gasteiger partial charge in [0.15, 0.2) is 0 Å². The zero-order chi connectivity index (χ0) is 25.6. The molecule has 0 unspecified atom stereocenters. The maximum atomic E-state index is 11.7. The van der Waals surface area contributed by atoms with Gasteiger partial charge < -0.3 is 10.1 Å². The van der Waals surface area contributed by atoms with Gasteiger partial charge in [-0.25, -0.2) is 0 Å². The lowest BCUT2D eigenvalue weighted by molar-refractivity contribution is -0.387. The number of fused-ring (bicyclic) bond motifs is 3. The number of non-ortho nitro benzene ring substituents is 1. The van der Waals surface area contributed by atoms with Crippen LogP contribution in [0.15, 0.2) is 65.6 Å². The Bertz CT molecular complexity index is 1360. The molecule has 1 aliphatic carbocycles. The van der Waals surface area contributed by atoms with Crippen molar-refractivity contribution in [3.8, 4) is 5.75 Å². The van der Waals surface area contributed by atoms with Crippen molar-refractivity contribution in [2.75, 3.05) is 12.4 Å². The van der Waals surface area contributed by atoms with Crippen LogP contribution in [0.2, 0.25) is 5.02 Å². The van der Waals surface area contributed by atoms with Gasteiger partial charge in [0.05, 0.1) is 45.0 Å². The molecule has 0 amide bonds. The summed E-state index contributed by atoms with van der Waals surface area (Å²) in [6.45, 7) is 0. The molecule has 1 N–H and O–H groups in total. The van der Waals surface area contributed by atoms with E-state index in [1.807, 2.05) is 24.3 Å². The lowest BCUT2D eigenvalue weighted by atomic mass is 9.77. The SMILES string of the molecule is COc1cc([N+](=O)[O-])cc2c1N[C@H](c1ccccc1Cl)[C@@H]1C[C@H](Sc3ccccc3[N+](=O)[O-])[C@H](Cl)[C@@H]21. The van der Waals surface area contributed by atoms with Crippen LogP contribution in [0.1, 0.15) is 29.5 Å². The molecule has 36 heavy (non-hydrogen) atoms. The zero-order valence-electron chi connectivity index (χ0n) is 19.0. The monoisotopic (exact) mass is 545 g/mol. The van der Waals surface area contributed by atoms with Crippen LogP contribution in [-0.2, 0) is 0 Å². The lowest BCUT2D eigenvalue weighted by Crippen LogP contribution is -2.31. The number of methoxy groups -OCH3 is 1. The van der Waals surface area contributed by atoms with Crippen LogP contribution in [0.5, 0.6) is 5.75 Å². The fourth-order valence-electron chi connectivity index (χ4n) is 5.35. The molecule has 0 saturated heterocycles. The fraction of sp³-hybridized carbons (Fsp3) is 0.280. The number of nitrogens with zero attached hydrogens (tertiary/aromatic N) is 2. The summed E-state index contributed by atoms with van der Waals surface area (Å²) < 4.78 is 5.54. The number of anilines is 1. The van der Waals surface area contributed by atoms with Gasteiger partial charge in [-0.15, -0.1) is 23.4 Å². The summed E-state index contributed by atoms with van der Waals surface area (Å²) in [6.07, 6.45) is 0.628. The number of nitro benzene ring substituents is 2.